The predicted molar refractivity (Wildman–Crippen MR) is 113 cm³/mol. The minimum absolute atomic E-state index is 0.0283. The molecule has 0 atom stereocenters. The van der Waals surface area contributed by atoms with Crippen LogP contribution in [0.2, 0.25) is 0 Å². The molecule has 0 spiro atoms. The Bertz CT molecular complexity index is 751. The van der Waals surface area contributed by atoms with E-state index in [-0.39, 0.29) is 5.43 Å². The van der Waals surface area contributed by atoms with Gasteiger partial charge in [-0.2, -0.15) is 0 Å². The number of nitrogens with one attached hydrogen (secondary N) is 1. The lowest BCUT2D eigenvalue weighted by Crippen LogP contribution is -2.07. The van der Waals surface area contributed by atoms with Gasteiger partial charge in [-0.05, 0) is 25.8 Å². The summed E-state index contributed by atoms with van der Waals surface area (Å²) < 4.78 is 11.7. The molecular formula is C23H35NO3. The van der Waals surface area contributed by atoms with Crippen LogP contribution in [-0.4, -0.2) is 18.2 Å². The summed E-state index contributed by atoms with van der Waals surface area (Å²) in [4.78, 5) is 15.7. The third kappa shape index (κ3) is 6.60. The van der Waals surface area contributed by atoms with Gasteiger partial charge in [-0.25, -0.2) is 0 Å². The first-order valence-corrected chi connectivity index (χ1v) is 10.6. The first-order valence-electron chi connectivity index (χ1n) is 10.6. The van der Waals surface area contributed by atoms with Gasteiger partial charge in [-0.3, -0.25) is 4.79 Å². The smallest absolute Gasteiger partial charge is 0.189 e. The van der Waals surface area contributed by atoms with E-state index < -0.39 is 0 Å². The molecule has 0 saturated carbocycles. The van der Waals surface area contributed by atoms with Crippen molar-refractivity contribution in [2.24, 2.45) is 0 Å². The van der Waals surface area contributed by atoms with E-state index in [9.17, 15) is 4.79 Å². The van der Waals surface area contributed by atoms with E-state index >= 15 is 0 Å². The van der Waals surface area contributed by atoms with Crippen molar-refractivity contribution in [3.63, 3.8) is 0 Å². The van der Waals surface area contributed by atoms with Crippen LogP contribution < -0.4 is 14.9 Å². The third-order valence-electron chi connectivity index (χ3n) is 4.89. The molecule has 0 fully saturated rings. The topological polar surface area (TPSA) is 51.3 Å². The lowest BCUT2D eigenvalue weighted by molar-refractivity contribution is 0.271. The lowest BCUT2D eigenvalue weighted by Gasteiger charge is -2.13. The highest BCUT2D eigenvalue weighted by atomic mass is 16.5. The molecule has 0 amide bonds. The second-order valence-corrected chi connectivity index (χ2v) is 7.11. The SMILES string of the molecule is CCCCCCCCCCOc1cc2c(=O)cc(CC)[nH]c2cc1OCC. The average Bonchev–Trinajstić information content (AvgIpc) is 2.67. The van der Waals surface area contributed by atoms with E-state index in [4.69, 9.17) is 9.47 Å². The lowest BCUT2D eigenvalue weighted by atomic mass is 10.1. The molecule has 150 valence electrons. The molecule has 2 aromatic rings. The number of hydrogen-bond acceptors (Lipinski definition) is 3. The summed E-state index contributed by atoms with van der Waals surface area (Å²) in [5.74, 6) is 1.37. The number of ether oxygens (including phenoxy) is 2. The van der Waals surface area contributed by atoms with Gasteiger partial charge in [-0.15, -0.1) is 0 Å². The molecule has 1 aromatic carbocycles. The van der Waals surface area contributed by atoms with E-state index in [1.54, 1.807) is 6.07 Å². The van der Waals surface area contributed by atoms with E-state index in [1.807, 2.05) is 26.0 Å². The molecule has 0 aliphatic carbocycles. The van der Waals surface area contributed by atoms with Crippen molar-refractivity contribution in [2.75, 3.05) is 13.2 Å². The van der Waals surface area contributed by atoms with Crippen molar-refractivity contribution < 1.29 is 9.47 Å². The standard InChI is InChI=1S/C23H35NO3/c1-4-7-8-9-10-11-12-13-14-27-22-16-19-20(17-23(22)26-6-3)24-18(5-2)15-21(19)25/h15-17H,4-14H2,1-3H3,(H,24,25). The van der Waals surface area contributed by atoms with Crippen LogP contribution in [0.4, 0.5) is 0 Å². The van der Waals surface area contributed by atoms with Crippen molar-refractivity contribution in [3.05, 3.63) is 34.1 Å². The molecule has 0 saturated heterocycles. The van der Waals surface area contributed by atoms with Crippen LogP contribution in [0.1, 0.15) is 77.8 Å². The van der Waals surface area contributed by atoms with Gasteiger partial charge < -0.3 is 14.5 Å². The number of H-pyrrole nitrogens is 1. The van der Waals surface area contributed by atoms with Crippen LogP contribution in [-0.2, 0) is 6.42 Å². The summed E-state index contributed by atoms with van der Waals surface area (Å²) in [6, 6.07) is 5.39. The van der Waals surface area contributed by atoms with E-state index in [2.05, 4.69) is 11.9 Å². The maximum atomic E-state index is 12.4. The highest BCUT2D eigenvalue weighted by Gasteiger charge is 2.11. The Morgan fingerprint density at radius 2 is 1.48 bits per heavy atom. The Kier molecular flexibility index (Phi) is 9.23. The fraction of sp³-hybridized carbons (Fsp3) is 0.609. The summed E-state index contributed by atoms with van der Waals surface area (Å²) in [6.45, 7) is 7.46. The maximum Gasteiger partial charge on any atom is 0.189 e. The zero-order valence-corrected chi connectivity index (χ0v) is 17.2. The first kappa shape index (κ1) is 21.3. The van der Waals surface area contributed by atoms with Crippen molar-refractivity contribution in [2.45, 2.75) is 78.6 Å². The van der Waals surface area contributed by atoms with E-state index in [0.717, 1.165) is 24.1 Å². The number of pyridine rings is 1. The van der Waals surface area contributed by atoms with Crippen LogP contribution in [0.5, 0.6) is 11.5 Å². The van der Waals surface area contributed by atoms with Crippen molar-refractivity contribution >= 4 is 10.9 Å². The van der Waals surface area contributed by atoms with Gasteiger partial charge in [0.2, 0.25) is 0 Å². The zero-order chi connectivity index (χ0) is 19.5. The summed E-state index contributed by atoms with van der Waals surface area (Å²) in [6.07, 6.45) is 10.9. The average molecular weight is 374 g/mol. The summed E-state index contributed by atoms with van der Waals surface area (Å²) >= 11 is 0. The van der Waals surface area contributed by atoms with Crippen LogP contribution in [0.3, 0.4) is 0 Å². The molecule has 0 aliphatic rings. The highest BCUT2D eigenvalue weighted by Crippen LogP contribution is 2.31. The number of hydrogen-bond donors (Lipinski definition) is 1. The molecule has 4 heteroatoms. The molecule has 0 radical (unpaired) electrons. The fourth-order valence-electron chi connectivity index (χ4n) is 3.30. The molecule has 0 unspecified atom stereocenters. The quantitative estimate of drug-likeness (QED) is 0.438. The molecular weight excluding hydrogens is 338 g/mol. The Balaban J connectivity index is 1.95. The molecule has 4 nitrogen and oxygen atoms in total. The molecule has 0 bridgehead atoms. The van der Waals surface area contributed by atoms with Crippen molar-refractivity contribution in [3.8, 4) is 11.5 Å². The van der Waals surface area contributed by atoms with Crippen LogP contribution in [0.15, 0.2) is 23.0 Å². The Labute approximate surface area is 163 Å². The summed E-state index contributed by atoms with van der Waals surface area (Å²) in [5.41, 5.74) is 1.77. The minimum Gasteiger partial charge on any atom is -0.490 e. The first-order chi connectivity index (χ1) is 13.2. The second-order valence-electron chi connectivity index (χ2n) is 7.11. The van der Waals surface area contributed by atoms with Crippen molar-refractivity contribution in [1.82, 2.24) is 4.98 Å². The monoisotopic (exact) mass is 373 g/mol. The van der Waals surface area contributed by atoms with Gasteiger partial charge in [-0.1, -0.05) is 58.8 Å². The fourth-order valence-corrected chi connectivity index (χ4v) is 3.30. The molecule has 2 rings (SSSR count). The van der Waals surface area contributed by atoms with Gasteiger partial charge in [0.1, 0.15) is 0 Å². The minimum atomic E-state index is 0.0283. The van der Waals surface area contributed by atoms with Crippen molar-refractivity contribution in [1.29, 1.82) is 0 Å². The molecule has 27 heavy (non-hydrogen) atoms. The van der Waals surface area contributed by atoms with Gasteiger partial charge in [0.15, 0.2) is 16.9 Å². The molecule has 0 aliphatic heterocycles. The van der Waals surface area contributed by atoms with Crippen LogP contribution in [0, 0.1) is 0 Å². The zero-order valence-electron chi connectivity index (χ0n) is 17.2. The van der Waals surface area contributed by atoms with Gasteiger partial charge in [0, 0.05) is 23.2 Å². The number of unbranched alkanes of at least 4 members (excludes halogenated alkanes) is 7. The van der Waals surface area contributed by atoms with E-state index in [0.29, 0.717) is 30.1 Å². The number of benzene rings is 1. The number of aromatic nitrogens is 1. The number of fused-ring (bicyclic) bond motifs is 1. The summed E-state index contributed by atoms with van der Waals surface area (Å²) in [7, 11) is 0. The molecule has 1 aromatic heterocycles. The third-order valence-corrected chi connectivity index (χ3v) is 4.89. The molecule has 1 heterocycles. The number of aromatic amines is 1. The maximum absolute atomic E-state index is 12.4. The van der Waals surface area contributed by atoms with Gasteiger partial charge in [0.25, 0.3) is 0 Å². The summed E-state index contributed by atoms with van der Waals surface area (Å²) in [5, 5.41) is 0.654. The normalized spacial score (nSPS) is 11.1. The number of aryl methyl sites for hydroxylation is 1. The van der Waals surface area contributed by atoms with Gasteiger partial charge >= 0.3 is 0 Å². The Morgan fingerprint density at radius 1 is 0.815 bits per heavy atom. The van der Waals surface area contributed by atoms with Crippen LogP contribution in [0.25, 0.3) is 10.9 Å². The van der Waals surface area contributed by atoms with E-state index in [1.165, 1.54) is 44.9 Å². The highest BCUT2D eigenvalue weighted by molar-refractivity contribution is 5.82. The largest absolute Gasteiger partial charge is 0.490 e. The number of rotatable bonds is 13. The Hall–Kier alpha value is -1.97. The van der Waals surface area contributed by atoms with Crippen LogP contribution >= 0.6 is 0 Å². The Morgan fingerprint density at radius 3 is 2.15 bits per heavy atom. The molecule has 1 N–H and O–H groups in total. The predicted octanol–water partition coefficient (Wildman–Crippen LogP) is 6.01. The van der Waals surface area contributed by atoms with Gasteiger partial charge in [0.05, 0.1) is 18.7 Å². The second kappa shape index (κ2) is 11.7.